The monoisotopic (exact) mass is 473 g/mol. The number of hydrogen-bond acceptors (Lipinski definition) is 6. The van der Waals surface area contributed by atoms with Crippen LogP contribution in [-0.4, -0.2) is 44.9 Å². The van der Waals surface area contributed by atoms with Gasteiger partial charge in [0.25, 0.3) is 0 Å². The number of nitrogens with zero attached hydrogens (tertiary/aromatic N) is 1. The van der Waals surface area contributed by atoms with E-state index in [1.165, 1.54) is 0 Å². The zero-order chi connectivity index (χ0) is 24.0. The molecule has 0 saturated heterocycles. The van der Waals surface area contributed by atoms with E-state index in [2.05, 4.69) is 28.4 Å². The first kappa shape index (κ1) is 24.8. The van der Waals surface area contributed by atoms with Crippen LogP contribution in [0.4, 0.5) is 0 Å². The van der Waals surface area contributed by atoms with Crippen molar-refractivity contribution in [3.8, 4) is 11.3 Å². The molecule has 2 atom stereocenters. The van der Waals surface area contributed by atoms with E-state index in [1.54, 1.807) is 24.4 Å². The summed E-state index contributed by atoms with van der Waals surface area (Å²) in [5, 5.41) is 18.5. The van der Waals surface area contributed by atoms with Crippen LogP contribution in [0.3, 0.4) is 0 Å². The van der Waals surface area contributed by atoms with Crippen molar-refractivity contribution in [3.05, 3.63) is 42.1 Å². The summed E-state index contributed by atoms with van der Waals surface area (Å²) >= 11 is 4.39. The number of rotatable bonds is 10. The van der Waals surface area contributed by atoms with E-state index >= 15 is 0 Å². The number of benzene rings is 1. The molecule has 2 amide bonds. The Morgan fingerprint density at radius 3 is 2.36 bits per heavy atom. The van der Waals surface area contributed by atoms with Gasteiger partial charge >= 0.3 is 5.97 Å². The van der Waals surface area contributed by atoms with E-state index in [9.17, 15) is 19.5 Å². The smallest absolute Gasteiger partial charge is 0.326 e. The number of carboxylic acids is 1. The summed E-state index contributed by atoms with van der Waals surface area (Å²) in [6, 6.07) is 7.84. The van der Waals surface area contributed by atoms with Crippen molar-refractivity contribution in [1.82, 2.24) is 15.8 Å². The second-order valence-electron chi connectivity index (χ2n) is 9.07. The van der Waals surface area contributed by atoms with Crippen molar-refractivity contribution in [3.63, 3.8) is 0 Å². The third kappa shape index (κ3) is 6.37. The average molecular weight is 474 g/mol. The molecule has 1 aliphatic carbocycles. The molecule has 178 valence electrons. The molecule has 9 heteroatoms. The third-order valence-corrected chi connectivity index (χ3v) is 6.42. The summed E-state index contributed by atoms with van der Waals surface area (Å²) < 4.78 is 5.13. The molecule has 1 aromatic heterocycles. The van der Waals surface area contributed by atoms with Gasteiger partial charge in [0.05, 0.1) is 11.4 Å². The molecule has 0 radical (unpaired) electrons. The molecule has 8 nitrogen and oxygen atoms in total. The quantitative estimate of drug-likeness (QED) is 0.393. The lowest BCUT2D eigenvalue weighted by molar-refractivity contribution is -0.143. The minimum atomic E-state index is -1.13. The summed E-state index contributed by atoms with van der Waals surface area (Å²) in [6.07, 6.45) is 4.79. The second kappa shape index (κ2) is 10.9. The molecular weight excluding hydrogens is 442 g/mol. The first-order valence-corrected chi connectivity index (χ1v) is 11.8. The molecule has 1 saturated carbocycles. The van der Waals surface area contributed by atoms with Crippen molar-refractivity contribution >= 4 is 30.4 Å². The molecule has 0 unspecified atom stereocenters. The van der Waals surface area contributed by atoms with E-state index in [0.29, 0.717) is 30.9 Å². The average Bonchev–Trinajstić information content (AvgIpc) is 3.46. The lowest BCUT2D eigenvalue weighted by Gasteiger charge is -2.31. The van der Waals surface area contributed by atoms with Crippen LogP contribution in [0, 0.1) is 5.92 Å². The van der Waals surface area contributed by atoms with E-state index in [4.69, 9.17) is 4.52 Å². The standard InChI is InChI=1S/C24H31N3O5S/c1-15(2)13-20(33)21(28)27-24(10-3-4-11-24)23(31)26-18(22(29)30)14-16-5-7-17(8-6-16)19-9-12-25-32-19/h5-9,12,15,18,20,33H,3-4,10-11,13-14H2,1-2H3,(H,26,31)(H,27,28)(H,29,30)/t18-,20-/m0/s1. The van der Waals surface area contributed by atoms with Gasteiger partial charge in [0, 0.05) is 18.1 Å². The maximum atomic E-state index is 13.2. The number of thiol groups is 1. The first-order chi connectivity index (χ1) is 15.7. The molecule has 1 aromatic carbocycles. The van der Waals surface area contributed by atoms with E-state index in [0.717, 1.165) is 24.0 Å². The van der Waals surface area contributed by atoms with Gasteiger partial charge in [0.15, 0.2) is 5.76 Å². The van der Waals surface area contributed by atoms with Gasteiger partial charge in [-0.15, -0.1) is 0 Å². The molecule has 2 aromatic rings. The van der Waals surface area contributed by atoms with Gasteiger partial charge in [-0.3, -0.25) is 9.59 Å². The Kier molecular flexibility index (Phi) is 8.18. The van der Waals surface area contributed by atoms with Gasteiger partial charge in [-0.25, -0.2) is 4.79 Å². The fourth-order valence-electron chi connectivity index (χ4n) is 4.16. The van der Waals surface area contributed by atoms with Gasteiger partial charge in [-0.2, -0.15) is 12.6 Å². The molecule has 3 N–H and O–H groups in total. The third-order valence-electron chi connectivity index (χ3n) is 5.97. The lowest BCUT2D eigenvalue weighted by Crippen LogP contribution is -2.61. The van der Waals surface area contributed by atoms with E-state index < -0.39 is 28.7 Å². The summed E-state index contributed by atoms with van der Waals surface area (Å²) in [4.78, 5) is 37.8. The highest BCUT2D eigenvalue weighted by molar-refractivity contribution is 7.81. The van der Waals surface area contributed by atoms with Crippen LogP contribution < -0.4 is 10.6 Å². The number of carbonyl (C=O) groups excluding carboxylic acids is 2. The Morgan fingerprint density at radius 2 is 1.82 bits per heavy atom. The van der Waals surface area contributed by atoms with E-state index in [-0.39, 0.29) is 12.3 Å². The molecule has 0 bridgehead atoms. The zero-order valence-corrected chi connectivity index (χ0v) is 19.8. The van der Waals surface area contributed by atoms with Gasteiger partial charge in [0.2, 0.25) is 11.8 Å². The van der Waals surface area contributed by atoms with Crippen LogP contribution in [0.2, 0.25) is 0 Å². The minimum absolute atomic E-state index is 0.115. The van der Waals surface area contributed by atoms with Gasteiger partial charge in [0.1, 0.15) is 11.6 Å². The van der Waals surface area contributed by atoms with Crippen LogP contribution in [0.15, 0.2) is 41.1 Å². The molecular formula is C24H31N3O5S. The summed E-state index contributed by atoms with van der Waals surface area (Å²) in [5.41, 5.74) is 0.476. The van der Waals surface area contributed by atoms with Crippen LogP contribution in [0.25, 0.3) is 11.3 Å². The van der Waals surface area contributed by atoms with Crippen molar-refractivity contribution in [2.75, 3.05) is 0 Å². The summed E-state index contributed by atoms with van der Waals surface area (Å²) in [5.74, 6) is -0.973. The van der Waals surface area contributed by atoms with Crippen LogP contribution in [0.1, 0.15) is 51.5 Å². The Balaban J connectivity index is 1.68. The Morgan fingerprint density at radius 1 is 1.15 bits per heavy atom. The second-order valence-corrected chi connectivity index (χ2v) is 9.69. The predicted molar refractivity (Wildman–Crippen MR) is 127 cm³/mol. The maximum absolute atomic E-state index is 13.2. The highest BCUT2D eigenvalue weighted by atomic mass is 32.1. The van der Waals surface area contributed by atoms with E-state index in [1.807, 2.05) is 26.0 Å². The Bertz CT molecular complexity index is 953. The fourth-order valence-corrected chi connectivity index (χ4v) is 4.65. The number of amides is 2. The molecule has 1 aliphatic rings. The van der Waals surface area contributed by atoms with Gasteiger partial charge < -0.3 is 20.3 Å². The number of aliphatic carboxylic acids is 1. The Labute approximate surface area is 198 Å². The number of nitrogens with one attached hydrogen (secondary N) is 2. The molecule has 0 spiro atoms. The maximum Gasteiger partial charge on any atom is 0.326 e. The molecule has 0 aliphatic heterocycles. The lowest BCUT2D eigenvalue weighted by atomic mass is 9.94. The van der Waals surface area contributed by atoms with Crippen LogP contribution in [-0.2, 0) is 20.8 Å². The highest BCUT2D eigenvalue weighted by Crippen LogP contribution is 2.31. The first-order valence-electron chi connectivity index (χ1n) is 11.2. The van der Waals surface area contributed by atoms with Crippen molar-refractivity contribution in [2.24, 2.45) is 5.92 Å². The fraction of sp³-hybridized carbons (Fsp3) is 0.500. The SMILES string of the molecule is CC(C)C[C@H](S)C(=O)NC1(C(=O)N[C@@H](Cc2ccc(-c3ccno3)cc2)C(=O)O)CCCC1. The van der Waals surface area contributed by atoms with Crippen molar-refractivity contribution in [2.45, 2.75) is 69.2 Å². The molecule has 33 heavy (non-hydrogen) atoms. The topological polar surface area (TPSA) is 122 Å². The molecule has 3 rings (SSSR count). The molecule has 1 fully saturated rings. The van der Waals surface area contributed by atoms with Crippen molar-refractivity contribution < 1.29 is 24.0 Å². The minimum Gasteiger partial charge on any atom is -0.480 e. The largest absolute Gasteiger partial charge is 0.480 e. The van der Waals surface area contributed by atoms with Crippen molar-refractivity contribution in [1.29, 1.82) is 0 Å². The van der Waals surface area contributed by atoms with Gasteiger partial charge in [-0.1, -0.05) is 56.1 Å². The normalized spacial score (nSPS) is 16.8. The number of carboxylic acid groups (broad SMARTS) is 1. The zero-order valence-electron chi connectivity index (χ0n) is 18.9. The highest BCUT2D eigenvalue weighted by Gasteiger charge is 2.44. The van der Waals surface area contributed by atoms with Crippen LogP contribution >= 0.6 is 12.6 Å². The number of aromatic nitrogens is 1. The van der Waals surface area contributed by atoms with Crippen LogP contribution in [0.5, 0.6) is 0 Å². The Hall–Kier alpha value is -2.81. The molecule has 1 heterocycles. The summed E-state index contributed by atoms with van der Waals surface area (Å²) in [7, 11) is 0. The summed E-state index contributed by atoms with van der Waals surface area (Å²) in [6.45, 7) is 4.01. The predicted octanol–water partition coefficient (Wildman–Crippen LogP) is 3.23. The van der Waals surface area contributed by atoms with Gasteiger partial charge in [-0.05, 0) is 30.7 Å². The number of hydrogen-bond donors (Lipinski definition) is 4. The number of carbonyl (C=O) groups is 3.